The van der Waals surface area contributed by atoms with E-state index >= 15 is 0 Å². The Hall–Kier alpha value is -1.40. The standard InChI is InChI=1S/C15H22O5S/c1-5-15(17,14(16)20-6-2)11(3)12-7-9-13(10-8-12)21(4,18)19/h7-11,17H,5-6H2,1-4H3. The first-order chi connectivity index (χ1) is 9.66. The van der Waals surface area contributed by atoms with Crippen LogP contribution >= 0.6 is 0 Å². The number of esters is 1. The first kappa shape index (κ1) is 17.7. The lowest BCUT2D eigenvalue weighted by Crippen LogP contribution is -2.44. The molecule has 21 heavy (non-hydrogen) atoms. The van der Waals surface area contributed by atoms with Crippen molar-refractivity contribution in [3.63, 3.8) is 0 Å². The predicted octanol–water partition coefficient (Wildman–Crippen LogP) is 1.90. The minimum absolute atomic E-state index is 0.195. The maximum atomic E-state index is 12.0. The van der Waals surface area contributed by atoms with Gasteiger partial charge in [-0.3, -0.25) is 0 Å². The molecule has 0 saturated heterocycles. The molecular formula is C15H22O5S. The number of carbonyl (C=O) groups is 1. The largest absolute Gasteiger partial charge is 0.464 e. The van der Waals surface area contributed by atoms with Gasteiger partial charge in [0.2, 0.25) is 0 Å². The van der Waals surface area contributed by atoms with E-state index in [0.29, 0.717) is 5.56 Å². The summed E-state index contributed by atoms with van der Waals surface area (Å²) in [7, 11) is -3.27. The van der Waals surface area contributed by atoms with Crippen LogP contribution in [0.3, 0.4) is 0 Å². The molecule has 0 bridgehead atoms. The fraction of sp³-hybridized carbons (Fsp3) is 0.533. The van der Waals surface area contributed by atoms with Crippen molar-refractivity contribution in [1.82, 2.24) is 0 Å². The molecule has 0 heterocycles. The Morgan fingerprint density at radius 3 is 2.19 bits per heavy atom. The van der Waals surface area contributed by atoms with E-state index in [0.717, 1.165) is 6.26 Å². The predicted molar refractivity (Wildman–Crippen MR) is 79.8 cm³/mol. The Balaban J connectivity index is 3.11. The van der Waals surface area contributed by atoms with Gasteiger partial charge in [0.1, 0.15) is 0 Å². The van der Waals surface area contributed by atoms with Gasteiger partial charge < -0.3 is 9.84 Å². The zero-order valence-electron chi connectivity index (χ0n) is 12.8. The third-order valence-electron chi connectivity index (χ3n) is 3.69. The molecule has 1 rings (SSSR count). The summed E-state index contributed by atoms with van der Waals surface area (Å²) < 4.78 is 27.8. The van der Waals surface area contributed by atoms with Crippen LogP contribution in [0.1, 0.15) is 38.7 Å². The number of aliphatic hydroxyl groups is 1. The number of hydrogen-bond acceptors (Lipinski definition) is 5. The zero-order valence-corrected chi connectivity index (χ0v) is 13.6. The quantitative estimate of drug-likeness (QED) is 0.811. The molecule has 0 fully saturated rings. The van der Waals surface area contributed by atoms with Crippen molar-refractivity contribution in [2.45, 2.75) is 43.6 Å². The van der Waals surface area contributed by atoms with Crippen LogP contribution in [0.4, 0.5) is 0 Å². The minimum Gasteiger partial charge on any atom is -0.464 e. The number of carbonyl (C=O) groups excluding carboxylic acids is 1. The van der Waals surface area contributed by atoms with E-state index in [4.69, 9.17) is 4.74 Å². The molecule has 5 nitrogen and oxygen atoms in total. The third-order valence-corrected chi connectivity index (χ3v) is 4.82. The lowest BCUT2D eigenvalue weighted by atomic mass is 9.81. The number of benzene rings is 1. The summed E-state index contributed by atoms with van der Waals surface area (Å²) in [5, 5.41) is 10.6. The average molecular weight is 314 g/mol. The smallest absolute Gasteiger partial charge is 0.338 e. The number of sulfone groups is 1. The summed E-state index contributed by atoms with van der Waals surface area (Å²) in [4.78, 5) is 12.2. The van der Waals surface area contributed by atoms with Crippen molar-refractivity contribution in [3.8, 4) is 0 Å². The monoisotopic (exact) mass is 314 g/mol. The van der Waals surface area contributed by atoms with Gasteiger partial charge in [-0.15, -0.1) is 0 Å². The Morgan fingerprint density at radius 1 is 1.29 bits per heavy atom. The molecule has 0 saturated carbocycles. The highest BCUT2D eigenvalue weighted by molar-refractivity contribution is 7.90. The summed E-state index contributed by atoms with van der Waals surface area (Å²) >= 11 is 0. The van der Waals surface area contributed by atoms with E-state index in [1.807, 2.05) is 0 Å². The normalized spacial score (nSPS) is 16.0. The topological polar surface area (TPSA) is 80.7 Å². The SMILES string of the molecule is CCOC(=O)C(O)(CC)C(C)c1ccc(S(C)(=O)=O)cc1. The average Bonchev–Trinajstić information content (AvgIpc) is 2.45. The molecule has 0 amide bonds. The maximum Gasteiger partial charge on any atom is 0.338 e. The molecule has 0 aliphatic carbocycles. The zero-order chi connectivity index (χ0) is 16.3. The van der Waals surface area contributed by atoms with Gasteiger partial charge in [-0.25, -0.2) is 13.2 Å². The van der Waals surface area contributed by atoms with Gasteiger partial charge in [0.05, 0.1) is 11.5 Å². The first-order valence-corrected chi connectivity index (χ1v) is 8.75. The van der Waals surface area contributed by atoms with Crippen molar-refractivity contribution in [2.75, 3.05) is 12.9 Å². The second kappa shape index (κ2) is 6.58. The van der Waals surface area contributed by atoms with Crippen molar-refractivity contribution in [1.29, 1.82) is 0 Å². The van der Waals surface area contributed by atoms with Crippen LogP contribution in [0, 0.1) is 0 Å². The Morgan fingerprint density at radius 2 is 1.81 bits per heavy atom. The number of hydrogen-bond donors (Lipinski definition) is 1. The van der Waals surface area contributed by atoms with Gasteiger partial charge >= 0.3 is 5.97 Å². The molecule has 0 radical (unpaired) electrons. The number of ether oxygens (including phenoxy) is 1. The highest BCUT2D eigenvalue weighted by Gasteiger charge is 2.42. The van der Waals surface area contributed by atoms with Crippen LogP contribution in [0.25, 0.3) is 0 Å². The molecule has 118 valence electrons. The third kappa shape index (κ3) is 3.83. The second-order valence-corrected chi connectivity index (χ2v) is 7.08. The molecule has 0 aliphatic rings. The molecule has 1 N–H and O–H groups in total. The van der Waals surface area contributed by atoms with E-state index in [1.165, 1.54) is 12.1 Å². The molecule has 0 aromatic heterocycles. The Bertz CT molecular complexity index is 591. The summed E-state index contributed by atoms with van der Waals surface area (Å²) in [6.45, 7) is 5.30. The molecule has 2 unspecified atom stereocenters. The van der Waals surface area contributed by atoms with E-state index in [9.17, 15) is 18.3 Å². The van der Waals surface area contributed by atoms with E-state index < -0.39 is 27.3 Å². The highest BCUT2D eigenvalue weighted by Crippen LogP contribution is 2.32. The Labute approximate surface area is 125 Å². The van der Waals surface area contributed by atoms with Crippen LogP contribution in [0.2, 0.25) is 0 Å². The summed E-state index contributed by atoms with van der Waals surface area (Å²) in [5.41, 5.74) is -0.942. The van der Waals surface area contributed by atoms with Gasteiger partial charge in [0.25, 0.3) is 0 Å². The van der Waals surface area contributed by atoms with Crippen LogP contribution in [0.5, 0.6) is 0 Å². The highest BCUT2D eigenvalue weighted by atomic mass is 32.2. The molecular weight excluding hydrogens is 292 g/mol. The maximum absolute atomic E-state index is 12.0. The lowest BCUT2D eigenvalue weighted by Gasteiger charge is -2.31. The summed E-state index contributed by atoms with van der Waals surface area (Å²) in [6.07, 6.45) is 1.34. The fourth-order valence-corrected chi connectivity index (χ4v) is 2.79. The van der Waals surface area contributed by atoms with Crippen LogP contribution in [-0.4, -0.2) is 38.0 Å². The number of rotatable bonds is 6. The van der Waals surface area contributed by atoms with E-state index in [2.05, 4.69) is 0 Å². The van der Waals surface area contributed by atoms with Gasteiger partial charge in [0.15, 0.2) is 15.4 Å². The fourth-order valence-electron chi connectivity index (χ4n) is 2.16. The van der Waals surface area contributed by atoms with Crippen LogP contribution in [0.15, 0.2) is 29.2 Å². The molecule has 6 heteroatoms. The molecule has 1 aromatic rings. The van der Waals surface area contributed by atoms with Crippen molar-refractivity contribution >= 4 is 15.8 Å². The summed E-state index contributed by atoms with van der Waals surface area (Å²) in [5.74, 6) is -1.16. The van der Waals surface area contributed by atoms with Gasteiger partial charge in [0, 0.05) is 12.2 Å². The Kier molecular flexibility index (Phi) is 5.53. The van der Waals surface area contributed by atoms with Gasteiger partial charge in [-0.05, 0) is 31.0 Å². The van der Waals surface area contributed by atoms with E-state index in [-0.39, 0.29) is 17.9 Å². The van der Waals surface area contributed by atoms with Crippen molar-refractivity contribution in [3.05, 3.63) is 29.8 Å². The van der Waals surface area contributed by atoms with Crippen molar-refractivity contribution in [2.24, 2.45) is 0 Å². The lowest BCUT2D eigenvalue weighted by molar-refractivity contribution is -0.167. The van der Waals surface area contributed by atoms with E-state index in [1.54, 1.807) is 32.9 Å². The molecule has 1 aromatic carbocycles. The first-order valence-electron chi connectivity index (χ1n) is 6.86. The second-order valence-electron chi connectivity index (χ2n) is 5.06. The summed E-state index contributed by atoms with van der Waals surface area (Å²) in [6, 6.07) is 6.17. The van der Waals surface area contributed by atoms with Crippen LogP contribution < -0.4 is 0 Å². The van der Waals surface area contributed by atoms with Crippen LogP contribution in [-0.2, 0) is 19.4 Å². The van der Waals surface area contributed by atoms with Crippen molar-refractivity contribution < 1.29 is 23.1 Å². The molecule has 0 aliphatic heterocycles. The minimum atomic E-state index is -3.27. The molecule has 2 atom stereocenters. The van der Waals surface area contributed by atoms with Gasteiger partial charge in [-0.1, -0.05) is 26.0 Å². The molecule has 0 spiro atoms. The van der Waals surface area contributed by atoms with Gasteiger partial charge in [-0.2, -0.15) is 0 Å².